The molecule has 2 unspecified atom stereocenters. The summed E-state index contributed by atoms with van der Waals surface area (Å²) < 4.78 is 0. The third-order valence-electron chi connectivity index (χ3n) is 6.39. The van der Waals surface area contributed by atoms with E-state index in [4.69, 9.17) is 0 Å². The Hall–Kier alpha value is -1.81. The number of hydrogen-bond acceptors (Lipinski definition) is 3. The van der Waals surface area contributed by atoms with E-state index in [1.165, 1.54) is 28.8 Å². The topological polar surface area (TPSA) is 35.6 Å². The van der Waals surface area contributed by atoms with Crippen LogP contribution in [0.4, 0.5) is 5.69 Å². The maximum Gasteiger partial charge on any atom is 0.230 e. The largest absolute Gasteiger partial charge is 0.384 e. The van der Waals surface area contributed by atoms with Crippen LogP contribution in [0.3, 0.4) is 0 Å². The second-order valence-electron chi connectivity index (χ2n) is 7.83. The van der Waals surface area contributed by atoms with E-state index in [2.05, 4.69) is 55.3 Å². The molecule has 4 nitrogen and oxygen atoms in total. The van der Waals surface area contributed by atoms with Gasteiger partial charge in [-0.2, -0.15) is 0 Å². The fourth-order valence-electron chi connectivity index (χ4n) is 5.17. The van der Waals surface area contributed by atoms with Gasteiger partial charge in [-0.15, -0.1) is 0 Å². The van der Waals surface area contributed by atoms with Gasteiger partial charge in [0.1, 0.15) is 0 Å². The first kappa shape index (κ1) is 17.6. The second-order valence-corrected chi connectivity index (χ2v) is 7.83. The van der Waals surface area contributed by atoms with Gasteiger partial charge in [-0.1, -0.05) is 25.1 Å². The summed E-state index contributed by atoms with van der Waals surface area (Å²) in [7, 11) is 0. The van der Waals surface area contributed by atoms with Crippen LogP contribution < -0.4 is 5.32 Å². The summed E-state index contributed by atoms with van der Waals surface area (Å²) in [6.07, 6.45) is 4.61. The van der Waals surface area contributed by atoms with Gasteiger partial charge >= 0.3 is 0 Å². The summed E-state index contributed by atoms with van der Waals surface area (Å²) in [5.41, 5.74) is 5.56. The van der Waals surface area contributed by atoms with Crippen LogP contribution >= 0.6 is 0 Å². The number of carbonyl (C=O) groups excluding carboxylic acids is 1. The van der Waals surface area contributed by atoms with E-state index in [1.807, 2.05) is 4.90 Å². The SMILES string of the molecule is CCCN1C[C@H](C(=O)N(CC)CC)C=C2c3cccc4c3C(CN4)CC21. The van der Waals surface area contributed by atoms with E-state index in [0.717, 1.165) is 39.1 Å². The van der Waals surface area contributed by atoms with Crippen LogP contribution in [0.1, 0.15) is 50.7 Å². The van der Waals surface area contributed by atoms with E-state index in [9.17, 15) is 4.79 Å². The van der Waals surface area contributed by atoms with Crippen LogP contribution in [0.5, 0.6) is 0 Å². The Labute approximate surface area is 157 Å². The average molecular weight is 354 g/mol. The molecule has 2 heterocycles. The monoisotopic (exact) mass is 353 g/mol. The number of amides is 1. The summed E-state index contributed by atoms with van der Waals surface area (Å²) in [5, 5.41) is 3.59. The third kappa shape index (κ3) is 2.75. The molecular weight excluding hydrogens is 322 g/mol. The Kier molecular flexibility index (Phi) is 4.78. The van der Waals surface area contributed by atoms with Gasteiger partial charge in [-0.3, -0.25) is 9.69 Å². The van der Waals surface area contributed by atoms with Crippen LogP contribution in [0, 0.1) is 5.92 Å². The minimum absolute atomic E-state index is 0.0190. The minimum atomic E-state index is -0.0190. The smallest absolute Gasteiger partial charge is 0.230 e. The molecule has 1 aromatic carbocycles. The quantitative estimate of drug-likeness (QED) is 0.879. The van der Waals surface area contributed by atoms with E-state index in [-0.39, 0.29) is 11.8 Å². The van der Waals surface area contributed by atoms with Crippen molar-refractivity contribution in [2.75, 3.05) is 38.0 Å². The Morgan fingerprint density at radius 3 is 2.81 bits per heavy atom. The third-order valence-corrected chi connectivity index (χ3v) is 6.39. The number of nitrogens with one attached hydrogen (secondary N) is 1. The first-order chi connectivity index (χ1) is 12.7. The zero-order chi connectivity index (χ0) is 18.3. The molecular formula is C22H31N3O. The van der Waals surface area contributed by atoms with Gasteiger partial charge in [0.05, 0.1) is 5.92 Å². The molecule has 1 amide bonds. The molecule has 0 spiro atoms. The summed E-state index contributed by atoms with van der Waals surface area (Å²) in [5.74, 6) is 0.877. The standard InChI is InChI=1S/C22H31N3O/c1-4-10-25-14-16(22(26)24(5-2)6-3)11-18-17-8-7-9-19-21(17)15(13-23-19)12-20(18)25/h7-9,11,15-16,20,23H,4-6,10,12-14H2,1-3H3/t15?,16-,20?/m1/s1. The highest BCUT2D eigenvalue weighted by molar-refractivity contribution is 5.87. The molecule has 1 N–H and O–H groups in total. The second kappa shape index (κ2) is 7.07. The highest BCUT2D eigenvalue weighted by Crippen LogP contribution is 2.48. The summed E-state index contributed by atoms with van der Waals surface area (Å²) in [4.78, 5) is 17.6. The van der Waals surface area contributed by atoms with Gasteiger partial charge in [-0.25, -0.2) is 0 Å². The molecule has 0 saturated heterocycles. The van der Waals surface area contributed by atoms with Crippen molar-refractivity contribution < 1.29 is 4.79 Å². The highest BCUT2D eigenvalue weighted by atomic mass is 16.2. The molecule has 4 rings (SSSR count). The van der Waals surface area contributed by atoms with Crippen molar-refractivity contribution in [2.45, 2.75) is 45.6 Å². The Bertz CT molecular complexity index is 722. The van der Waals surface area contributed by atoms with Crippen LogP contribution in [-0.4, -0.2) is 54.5 Å². The maximum absolute atomic E-state index is 13.1. The molecule has 26 heavy (non-hydrogen) atoms. The number of carbonyl (C=O) groups is 1. The van der Waals surface area contributed by atoms with Crippen molar-refractivity contribution in [3.8, 4) is 0 Å². The molecule has 0 saturated carbocycles. The summed E-state index contributed by atoms with van der Waals surface area (Å²) in [6.45, 7) is 11.0. The van der Waals surface area contributed by atoms with Gasteiger partial charge in [0, 0.05) is 43.8 Å². The lowest BCUT2D eigenvalue weighted by atomic mass is 9.74. The Morgan fingerprint density at radius 1 is 1.27 bits per heavy atom. The van der Waals surface area contributed by atoms with Gasteiger partial charge in [0.2, 0.25) is 5.91 Å². The molecule has 0 bridgehead atoms. The minimum Gasteiger partial charge on any atom is -0.384 e. The Morgan fingerprint density at radius 2 is 2.08 bits per heavy atom. The number of nitrogens with zero attached hydrogens (tertiary/aromatic N) is 2. The van der Waals surface area contributed by atoms with Crippen molar-refractivity contribution in [2.24, 2.45) is 5.92 Å². The molecule has 4 heteroatoms. The van der Waals surface area contributed by atoms with E-state index in [1.54, 1.807) is 0 Å². The van der Waals surface area contributed by atoms with E-state index in [0.29, 0.717) is 12.0 Å². The van der Waals surface area contributed by atoms with Crippen LogP contribution in [0.25, 0.3) is 5.57 Å². The molecule has 0 radical (unpaired) electrons. The first-order valence-corrected chi connectivity index (χ1v) is 10.3. The number of hydrogen-bond donors (Lipinski definition) is 1. The lowest BCUT2D eigenvalue weighted by molar-refractivity contribution is -0.134. The molecule has 1 aromatic rings. The van der Waals surface area contributed by atoms with E-state index >= 15 is 0 Å². The van der Waals surface area contributed by atoms with Crippen LogP contribution in [-0.2, 0) is 4.79 Å². The molecule has 0 fully saturated rings. The van der Waals surface area contributed by atoms with Gasteiger partial charge < -0.3 is 10.2 Å². The number of rotatable bonds is 5. The predicted octanol–water partition coefficient (Wildman–Crippen LogP) is 3.56. The van der Waals surface area contributed by atoms with Crippen molar-refractivity contribution >= 4 is 17.2 Å². The van der Waals surface area contributed by atoms with Crippen molar-refractivity contribution in [1.82, 2.24) is 9.80 Å². The fourth-order valence-corrected chi connectivity index (χ4v) is 5.17. The molecule has 1 aliphatic carbocycles. The summed E-state index contributed by atoms with van der Waals surface area (Å²) >= 11 is 0. The number of fused-ring (bicyclic) bond motifs is 2. The zero-order valence-corrected chi connectivity index (χ0v) is 16.3. The lowest BCUT2D eigenvalue weighted by Gasteiger charge is -2.44. The fraction of sp³-hybridized carbons (Fsp3) is 0.591. The maximum atomic E-state index is 13.1. The van der Waals surface area contributed by atoms with Crippen LogP contribution in [0.15, 0.2) is 24.3 Å². The summed E-state index contributed by atoms with van der Waals surface area (Å²) in [6, 6.07) is 7.09. The average Bonchev–Trinajstić information content (AvgIpc) is 3.08. The molecule has 2 aliphatic heterocycles. The van der Waals surface area contributed by atoms with Crippen molar-refractivity contribution in [3.63, 3.8) is 0 Å². The van der Waals surface area contributed by atoms with Crippen molar-refractivity contribution in [1.29, 1.82) is 0 Å². The van der Waals surface area contributed by atoms with Gasteiger partial charge in [-0.05, 0) is 56.0 Å². The van der Waals surface area contributed by atoms with Crippen molar-refractivity contribution in [3.05, 3.63) is 35.4 Å². The van der Waals surface area contributed by atoms with E-state index < -0.39 is 0 Å². The number of benzene rings is 1. The molecule has 0 aromatic heterocycles. The lowest BCUT2D eigenvalue weighted by Crippen LogP contribution is -2.49. The number of anilines is 1. The van der Waals surface area contributed by atoms with Gasteiger partial charge in [0.25, 0.3) is 0 Å². The van der Waals surface area contributed by atoms with Crippen LogP contribution in [0.2, 0.25) is 0 Å². The predicted molar refractivity (Wildman–Crippen MR) is 107 cm³/mol. The normalized spacial score (nSPS) is 26.6. The molecule has 3 atom stereocenters. The molecule has 3 aliphatic rings. The van der Waals surface area contributed by atoms with Gasteiger partial charge in [0.15, 0.2) is 0 Å². The zero-order valence-electron chi connectivity index (χ0n) is 16.3. The molecule has 140 valence electrons. The Balaban J connectivity index is 1.76. The highest BCUT2D eigenvalue weighted by Gasteiger charge is 2.41. The first-order valence-electron chi connectivity index (χ1n) is 10.3.